The van der Waals surface area contributed by atoms with Gasteiger partial charge in [0.2, 0.25) is 0 Å². The summed E-state index contributed by atoms with van der Waals surface area (Å²) in [5.41, 5.74) is 9.12. The zero-order valence-corrected chi connectivity index (χ0v) is 16.6. The Labute approximate surface area is 174 Å². The molecule has 0 unspecified atom stereocenters. The molecule has 29 heavy (non-hydrogen) atoms. The van der Waals surface area contributed by atoms with E-state index >= 15 is 0 Å². The predicted molar refractivity (Wildman–Crippen MR) is 116 cm³/mol. The first kappa shape index (κ1) is 19.0. The molecule has 1 amide bonds. The minimum Gasteiger partial charge on any atom is -0.383 e. The van der Waals surface area contributed by atoms with Gasteiger partial charge in [-0.05, 0) is 42.5 Å². The van der Waals surface area contributed by atoms with Gasteiger partial charge in [0.05, 0.1) is 10.6 Å². The third-order valence-corrected chi connectivity index (χ3v) is 5.99. The summed E-state index contributed by atoms with van der Waals surface area (Å²) in [7, 11) is 0. The highest BCUT2D eigenvalue weighted by Gasteiger charge is 2.11. The molecule has 5 nitrogen and oxygen atoms in total. The van der Waals surface area contributed by atoms with Crippen LogP contribution in [0.25, 0.3) is 21.8 Å². The van der Waals surface area contributed by atoms with Crippen molar-refractivity contribution in [2.75, 3.05) is 5.32 Å². The molecule has 144 valence electrons. The standard InChI is InChI=1S/C21H15FN4OS2/c22-15-6-4-12(5-7-15)20(27)25-16-3-1-2-13(8-16)17-11-29-21(26-17)14-9-18(19(23)24)28-10-14/h1-11H,(H3,23,24)(H,25,27). The van der Waals surface area contributed by atoms with Crippen molar-refractivity contribution in [1.82, 2.24) is 4.98 Å². The van der Waals surface area contributed by atoms with Crippen LogP contribution in [0.15, 0.2) is 65.4 Å². The monoisotopic (exact) mass is 422 g/mol. The Bertz CT molecular complexity index is 1200. The largest absolute Gasteiger partial charge is 0.383 e. The van der Waals surface area contributed by atoms with Crippen molar-refractivity contribution < 1.29 is 9.18 Å². The Hall–Kier alpha value is -3.36. The van der Waals surface area contributed by atoms with E-state index in [4.69, 9.17) is 11.1 Å². The minimum atomic E-state index is -0.385. The van der Waals surface area contributed by atoms with Gasteiger partial charge in [0, 0.05) is 33.1 Å². The molecule has 0 bridgehead atoms. The highest BCUT2D eigenvalue weighted by atomic mass is 32.1. The van der Waals surface area contributed by atoms with Crippen LogP contribution >= 0.6 is 22.7 Å². The quantitative estimate of drug-likeness (QED) is 0.304. The van der Waals surface area contributed by atoms with Crippen LogP contribution in [0.4, 0.5) is 10.1 Å². The van der Waals surface area contributed by atoms with Gasteiger partial charge in [0.1, 0.15) is 16.7 Å². The average molecular weight is 423 g/mol. The first-order chi connectivity index (χ1) is 14.0. The zero-order valence-electron chi connectivity index (χ0n) is 15.0. The summed E-state index contributed by atoms with van der Waals surface area (Å²) in [4.78, 5) is 17.7. The summed E-state index contributed by atoms with van der Waals surface area (Å²) in [6.45, 7) is 0. The fourth-order valence-electron chi connectivity index (χ4n) is 2.69. The van der Waals surface area contributed by atoms with Gasteiger partial charge in [-0.2, -0.15) is 0 Å². The lowest BCUT2D eigenvalue weighted by atomic mass is 10.1. The van der Waals surface area contributed by atoms with Crippen molar-refractivity contribution in [3.63, 3.8) is 0 Å². The highest BCUT2D eigenvalue weighted by Crippen LogP contribution is 2.32. The number of amides is 1. The summed E-state index contributed by atoms with van der Waals surface area (Å²) in [6, 6.07) is 14.6. The van der Waals surface area contributed by atoms with Crippen LogP contribution in [0, 0.1) is 11.2 Å². The van der Waals surface area contributed by atoms with Gasteiger partial charge in [-0.15, -0.1) is 22.7 Å². The number of hydrogen-bond acceptors (Lipinski definition) is 5. The van der Waals surface area contributed by atoms with Crippen LogP contribution in [0.1, 0.15) is 15.2 Å². The van der Waals surface area contributed by atoms with Crippen LogP contribution in [-0.4, -0.2) is 16.7 Å². The van der Waals surface area contributed by atoms with Crippen LogP contribution in [-0.2, 0) is 0 Å². The zero-order chi connectivity index (χ0) is 20.4. The first-order valence-corrected chi connectivity index (χ1v) is 10.3. The number of benzene rings is 2. The van der Waals surface area contributed by atoms with Gasteiger partial charge in [0.25, 0.3) is 5.91 Å². The maximum absolute atomic E-state index is 13.0. The molecule has 4 N–H and O–H groups in total. The number of anilines is 1. The second kappa shape index (κ2) is 7.94. The summed E-state index contributed by atoms with van der Waals surface area (Å²) < 4.78 is 13.0. The number of nitrogens with zero attached hydrogens (tertiary/aromatic N) is 1. The van der Waals surface area contributed by atoms with Crippen molar-refractivity contribution >= 4 is 40.1 Å². The van der Waals surface area contributed by atoms with E-state index in [1.165, 1.54) is 46.9 Å². The molecule has 0 atom stereocenters. The van der Waals surface area contributed by atoms with Gasteiger partial charge in [0.15, 0.2) is 0 Å². The van der Waals surface area contributed by atoms with E-state index < -0.39 is 0 Å². The molecule has 8 heteroatoms. The van der Waals surface area contributed by atoms with E-state index in [-0.39, 0.29) is 17.6 Å². The van der Waals surface area contributed by atoms with E-state index in [9.17, 15) is 9.18 Å². The van der Waals surface area contributed by atoms with Crippen molar-refractivity contribution in [3.05, 3.63) is 81.6 Å². The second-order valence-corrected chi connectivity index (χ2v) is 7.96. The van der Waals surface area contributed by atoms with Crippen molar-refractivity contribution in [3.8, 4) is 21.8 Å². The number of hydrogen-bond donors (Lipinski definition) is 3. The number of thiazole rings is 1. The number of carbonyl (C=O) groups is 1. The summed E-state index contributed by atoms with van der Waals surface area (Å²) in [5.74, 6) is -0.650. The number of aromatic nitrogens is 1. The summed E-state index contributed by atoms with van der Waals surface area (Å²) >= 11 is 2.91. The SMILES string of the molecule is N=C(N)c1cc(-c2nc(-c3cccc(NC(=O)c4ccc(F)cc4)c3)cs2)cs1. The summed E-state index contributed by atoms with van der Waals surface area (Å²) in [5, 5.41) is 15.1. The molecule has 2 aromatic heterocycles. The lowest BCUT2D eigenvalue weighted by Gasteiger charge is -2.07. The molecule has 2 aromatic carbocycles. The molecular weight excluding hydrogens is 407 g/mol. The van der Waals surface area contributed by atoms with Crippen molar-refractivity contribution in [1.29, 1.82) is 5.41 Å². The maximum Gasteiger partial charge on any atom is 0.255 e. The maximum atomic E-state index is 13.0. The Morgan fingerprint density at radius 2 is 1.83 bits per heavy atom. The Morgan fingerprint density at radius 3 is 2.55 bits per heavy atom. The average Bonchev–Trinajstić information content (AvgIpc) is 3.38. The number of amidine groups is 1. The first-order valence-electron chi connectivity index (χ1n) is 8.56. The van der Waals surface area contributed by atoms with Gasteiger partial charge in [-0.25, -0.2) is 9.37 Å². The molecule has 0 radical (unpaired) electrons. The normalized spacial score (nSPS) is 10.7. The summed E-state index contributed by atoms with van der Waals surface area (Å²) in [6.07, 6.45) is 0. The molecule has 2 heterocycles. The van der Waals surface area contributed by atoms with Crippen molar-refractivity contribution in [2.24, 2.45) is 5.73 Å². The molecule has 0 saturated heterocycles. The molecule has 0 aliphatic rings. The molecule has 4 aromatic rings. The van der Waals surface area contributed by atoms with Crippen molar-refractivity contribution in [2.45, 2.75) is 0 Å². The number of nitrogen functional groups attached to an aromatic ring is 1. The van der Waals surface area contributed by atoms with Gasteiger partial charge >= 0.3 is 0 Å². The van der Waals surface area contributed by atoms with Crippen LogP contribution in [0.2, 0.25) is 0 Å². The topological polar surface area (TPSA) is 91.9 Å². The molecule has 0 fully saturated rings. The lowest BCUT2D eigenvalue weighted by Crippen LogP contribution is -2.11. The molecule has 0 aliphatic heterocycles. The van der Waals surface area contributed by atoms with Crippen LogP contribution in [0.5, 0.6) is 0 Å². The number of nitrogens with two attached hydrogens (primary N) is 1. The molecule has 0 saturated carbocycles. The lowest BCUT2D eigenvalue weighted by molar-refractivity contribution is 0.102. The smallest absolute Gasteiger partial charge is 0.255 e. The number of thiophene rings is 1. The predicted octanol–water partition coefficient (Wildman–Crippen LogP) is 5.21. The van der Waals surface area contributed by atoms with E-state index in [2.05, 4.69) is 10.3 Å². The van der Waals surface area contributed by atoms with E-state index in [0.29, 0.717) is 16.1 Å². The molecule has 0 aliphatic carbocycles. The number of halogens is 1. The van der Waals surface area contributed by atoms with E-state index in [0.717, 1.165) is 21.8 Å². The third kappa shape index (κ3) is 4.23. The van der Waals surface area contributed by atoms with Gasteiger partial charge in [-0.3, -0.25) is 10.2 Å². The Balaban J connectivity index is 1.54. The minimum absolute atomic E-state index is 0.0441. The fraction of sp³-hybridized carbons (Fsp3) is 0. The molecule has 0 spiro atoms. The van der Waals surface area contributed by atoms with Gasteiger partial charge < -0.3 is 11.1 Å². The van der Waals surface area contributed by atoms with Gasteiger partial charge in [-0.1, -0.05) is 12.1 Å². The number of carbonyl (C=O) groups excluding carboxylic acids is 1. The van der Waals surface area contributed by atoms with E-state index in [1.807, 2.05) is 35.0 Å². The number of nitrogens with one attached hydrogen (secondary N) is 2. The second-order valence-electron chi connectivity index (χ2n) is 6.19. The van der Waals surface area contributed by atoms with Crippen LogP contribution < -0.4 is 11.1 Å². The third-order valence-electron chi connectivity index (χ3n) is 4.14. The number of rotatable bonds is 5. The highest BCUT2D eigenvalue weighted by molar-refractivity contribution is 7.15. The Morgan fingerprint density at radius 1 is 1.03 bits per heavy atom. The van der Waals surface area contributed by atoms with Crippen LogP contribution in [0.3, 0.4) is 0 Å². The fourth-order valence-corrected chi connectivity index (χ4v) is 4.34. The Kier molecular flexibility index (Phi) is 5.20. The molecule has 4 rings (SSSR count). The van der Waals surface area contributed by atoms with E-state index in [1.54, 1.807) is 6.07 Å². The molecular formula is C21H15FN4OS2.